The monoisotopic (exact) mass is 372 g/mol. The maximum absolute atomic E-state index is 12.3. The van der Waals surface area contributed by atoms with Crippen LogP contribution in [0.25, 0.3) is 0 Å². The van der Waals surface area contributed by atoms with Crippen molar-refractivity contribution in [2.24, 2.45) is 0 Å². The maximum atomic E-state index is 12.3. The van der Waals surface area contributed by atoms with Crippen molar-refractivity contribution in [2.45, 2.75) is 19.3 Å². The number of benzene rings is 2. The molecule has 0 unspecified atom stereocenters. The normalized spacial score (nSPS) is 13.8. The molecule has 2 heterocycles. The Kier molecular flexibility index (Phi) is 5.52. The van der Waals surface area contributed by atoms with E-state index in [-0.39, 0.29) is 5.91 Å². The van der Waals surface area contributed by atoms with Crippen molar-refractivity contribution in [3.05, 3.63) is 78.6 Å². The zero-order chi connectivity index (χ0) is 19.2. The molecule has 0 radical (unpaired) electrons. The number of anilines is 4. The lowest BCUT2D eigenvalue weighted by atomic mass is 10.1. The second-order valence-electron chi connectivity index (χ2n) is 6.97. The summed E-state index contributed by atoms with van der Waals surface area (Å²) in [6.07, 6.45) is 5.56. The molecular formula is C23H24N4O. The van der Waals surface area contributed by atoms with E-state index in [4.69, 9.17) is 0 Å². The van der Waals surface area contributed by atoms with E-state index in [0.29, 0.717) is 5.69 Å². The molecule has 2 aromatic carbocycles. The molecule has 0 saturated carbocycles. The van der Waals surface area contributed by atoms with Crippen molar-refractivity contribution in [1.29, 1.82) is 0 Å². The van der Waals surface area contributed by atoms with Crippen LogP contribution in [0.4, 0.5) is 22.7 Å². The van der Waals surface area contributed by atoms with Gasteiger partial charge in [0.15, 0.2) is 0 Å². The highest BCUT2D eigenvalue weighted by atomic mass is 16.1. The lowest BCUT2D eigenvalue weighted by Crippen LogP contribution is -2.29. The van der Waals surface area contributed by atoms with Crippen molar-refractivity contribution in [2.75, 3.05) is 28.6 Å². The third kappa shape index (κ3) is 4.49. The summed E-state index contributed by atoms with van der Waals surface area (Å²) in [6.45, 7) is 2.28. The minimum atomic E-state index is -0.219. The van der Waals surface area contributed by atoms with E-state index >= 15 is 0 Å². The van der Waals surface area contributed by atoms with E-state index in [9.17, 15) is 4.79 Å². The van der Waals surface area contributed by atoms with E-state index < -0.39 is 0 Å². The predicted octanol–water partition coefficient (Wildman–Crippen LogP) is 5.07. The van der Waals surface area contributed by atoms with Crippen molar-refractivity contribution in [3.63, 3.8) is 0 Å². The number of carbonyl (C=O) groups excluding carboxylic acids is 1. The Bertz CT molecular complexity index is 902. The Morgan fingerprint density at radius 3 is 2.18 bits per heavy atom. The molecule has 0 spiro atoms. The highest BCUT2D eigenvalue weighted by Crippen LogP contribution is 2.23. The molecular weight excluding hydrogens is 348 g/mol. The summed E-state index contributed by atoms with van der Waals surface area (Å²) in [5.41, 5.74) is 4.27. The van der Waals surface area contributed by atoms with E-state index in [0.717, 1.165) is 30.2 Å². The summed E-state index contributed by atoms with van der Waals surface area (Å²) in [5.74, 6) is -0.219. The fraction of sp³-hybridized carbons (Fsp3) is 0.217. The van der Waals surface area contributed by atoms with Crippen molar-refractivity contribution >= 4 is 28.7 Å². The van der Waals surface area contributed by atoms with Gasteiger partial charge >= 0.3 is 0 Å². The summed E-state index contributed by atoms with van der Waals surface area (Å²) < 4.78 is 0. The summed E-state index contributed by atoms with van der Waals surface area (Å²) in [5, 5.41) is 6.18. The molecule has 142 valence electrons. The van der Waals surface area contributed by atoms with Crippen LogP contribution in [0.15, 0.2) is 72.9 Å². The number of para-hydroxylation sites is 1. The first kappa shape index (κ1) is 18.0. The molecule has 3 aromatic rings. The Morgan fingerprint density at radius 1 is 0.786 bits per heavy atom. The molecule has 1 aromatic heterocycles. The van der Waals surface area contributed by atoms with Crippen molar-refractivity contribution in [1.82, 2.24) is 4.98 Å². The van der Waals surface area contributed by atoms with Gasteiger partial charge in [-0.25, -0.2) is 4.98 Å². The van der Waals surface area contributed by atoms with Crippen LogP contribution in [0.5, 0.6) is 0 Å². The Labute approximate surface area is 165 Å². The van der Waals surface area contributed by atoms with E-state index in [1.54, 1.807) is 12.3 Å². The summed E-state index contributed by atoms with van der Waals surface area (Å²) in [7, 11) is 0. The van der Waals surface area contributed by atoms with Gasteiger partial charge in [0.1, 0.15) is 5.69 Å². The molecule has 4 rings (SSSR count). The molecule has 1 aliphatic heterocycles. The summed E-state index contributed by atoms with van der Waals surface area (Å²) >= 11 is 0. The minimum absolute atomic E-state index is 0.219. The Morgan fingerprint density at radius 2 is 1.50 bits per heavy atom. The Hall–Kier alpha value is -3.34. The smallest absolute Gasteiger partial charge is 0.274 e. The van der Waals surface area contributed by atoms with Crippen molar-refractivity contribution < 1.29 is 4.79 Å². The number of nitrogens with one attached hydrogen (secondary N) is 2. The lowest BCUT2D eigenvalue weighted by Gasteiger charge is -2.28. The molecule has 1 amide bonds. The molecule has 28 heavy (non-hydrogen) atoms. The van der Waals surface area contributed by atoms with Crippen LogP contribution in [0, 0.1) is 0 Å². The SMILES string of the molecule is O=C(Nc1ccccc1)c1ccc(Nc2ccc(N3CCCCC3)cc2)cn1. The second-order valence-corrected chi connectivity index (χ2v) is 6.97. The average molecular weight is 372 g/mol. The van der Waals surface area contributed by atoms with Crippen LogP contribution in [-0.4, -0.2) is 24.0 Å². The first-order valence-electron chi connectivity index (χ1n) is 9.72. The van der Waals surface area contributed by atoms with Gasteiger partial charge in [-0.1, -0.05) is 18.2 Å². The molecule has 0 bridgehead atoms. The van der Waals surface area contributed by atoms with Gasteiger partial charge in [-0.05, 0) is 67.8 Å². The minimum Gasteiger partial charge on any atom is -0.372 e. The van der Waals surface area contributed by atoms with Gasteiger partial charge in [0, 0.05) is 30.2 Å². The highest BCUT2D eigenvalue weighted by molar-refractivity contribution is 6.02. The fourth-order valence-electron chi connectivity index (χ4n) is 3.39. The van der Waals surface area contributed by atoms with E-state index in [2.05, 4.69) is 44.8 Å². The van der Waals surface area contributed by atoms with Crippen molar-refractivity contribution in [3.8, 4) is 0 Å². The molecule has 0 atom stereocenters. The first-order valence-corrected chi connectivity index (χ1v) is 9.72. The zero-order valence-corrected chi connectivity index (χ0v) is 15.8. The Balaban J connectivity index is 1.37. The number of nitrogens with zero attached hydrogens (tertiary/aromatic N) is 2. The first-order chi connectivity index (χ1) is 13.8. The van der Waals surface area contributed by atoms with Gasteiger partial charge in [0.25, 0.3) is 5.91 Å². The standard InChI is InChI=1S/C23H24N4O/c28-23(26-18-7-3-1-4-8-18)22-14-11-20(17-24-22)25-19-9-12-21(13-10-19)27-15-5-2-6-16-27/h1,3-4,7-14,17,25H,2,5-6,15-16H2,(H,26,28). The molecule has 2 N–H and O–H groups in total. The summed E-state index contributed by atoms with van der Waals surface area (Å²) in [4.78, 5) is 19.0. The van der Waals surface area contributed by atoms with Crippen LogP contribution in [0.1, 0.15) is 29.8 Å². The molecule has 1 fully saturated rings. The van der Waals surface area contributed by atoms with Gasteiger partial charge in [-0.3, -0.25) is 4.79 Å². The molecule has 1 saturated heterocycles. The number of hydrogen-bond acceptors (Lipinski definition) is 4. The van der Waals surface area contributed by atoms with Crippen LogP contribution in [-0.2, 0) is 0 Å². The van der Waals surface area contributed by atoms with Gasteiger partial charge < -0.3 is 15.5 Å². The van der Waals surface area contributed by atoms with Crippen LogP contribution in [0.3, 0.4) is 0 Å². The van der Waals surface area contributed by atoms with Gasteiger partial charge in [-0.15, -0.1) is 0 Å². The van der Waals surface area contributed by atoms with Gasteiger partial charge in [0.2, 0.25) is 0 Å². The zero-order valence-electron chi connectivity index (χ0n) is 15.8. The highest BCUT2D eigenvalue weighted by Gasteiger charge is 2.11. The quantitative estimate of drug-likeness (QED) is 0.657. The molecule has 5 nitrogen and oxygen atoms in total. The number of rotatable bonds is 5. The average Bonchev–Trinajstić information content (AvgIpc) is 2.76. The lowest BCUT2D eigenvalue weighted by molar-refractivity contribution is 0.102. The van der Waals surface area contributed by atoms with Gasteiger partial charge in [0.05, 0.1) is 11.9 Å². The molecule has 1 aliphatic rings. The second kappa shape index (κ2) is 8.57. The molecule has 0 aliphatic carbocycles. The molecule has 5 heteroatoms. The number of aromatic nitrogens is 1. The number of pyridine rings is 1. The largest absolute Gasteiger partial charge is 0.372 e. The number of amides is 1. The summed E-state index contributed by atoms with van der Waals surface area (Å²) in [6, 6.07) is 21.4. The fourth-order valence-corrected chi connectivity index (χ4v) is 3.39. The van der Waals surface area contributed by atoms with Gasteiger partial charge in [-0.2, -0.15) is 0 Å². The number of hydrogen-bond donors (Lipinski definition) is 2. The van der Waals surface area contributed by atoms with Crippen LogP contribution in [0.2, 0.25) is 0 Å². The van der Waals surface area contributed by atoms with E-state index in [1.165, 1.54) is 24.9 Å². The van der Waals surface area contributed by atoms with Crippen LogP contribution < -0.4 is 15.5 Å². The van der Waals surface area contributed by atoms with Crippen LogP contribution >= 0.6 is 0 Å². The third-order valence-corrected chi connectivity index (χ3v) is 4.90. The number of carbonyl (C=O) groups is 1. The number of piperidine rings is 1. The van der Waals surface area contributed by atoms with E-state index in [1.807, 2.05) is 36.4 Å². The third-order valence-electron chi connectivity index (χ3n) is 4.90. The topological polar surface area (TPSA) is 57.3 Å². The predicted molar refractivity (Wildman–Crippen MR) is 114 cm³/mol. The maximum Gasteiger partial charge on any atom is 0.274 e.